The van der Waals surface area contributed by atoms with Crippen molar-refractivity contribution in [1.29, 1.82) is 0 Å². The Morgan fingerprint density at radius 2 is 1.61 bits per heavy atom. The van der Waals surface area contributed by atoms with Gasteiger partial charge < -0.3 is 5.32 Å². The van der Waals surface area contributed by atoms with Crippen LogP contribution in [0.25, 0.3) is 0 Å². The van der Waals surface area contributed by atoms with E-state index in [0.717, 1.165) is 14.8 Å². The maximum atomic E-state index is 12.0. The zero-order valence-electron chi connectivity index (χ0n) is 10.3. The largest absolute Gasteiger partial charge is 0.321 e. The highest BCUT2D eigenvalue weighted by Gasteiger charge is 2.07. The molecule has 0 aliphatic heterocycles. The predicted molar refractivity (Wildman–Crippen MR) is 83.0 cm³/mol. The van der Waals surface area contributed by atoms with Crippen LogP contribution in [0.4, 0.5) is 5.69 Å². The Morgan fingerprint density at radius 3 is 2.22 bits per heavy atom. The fourth-order valence-electron chi connectivity index (χ4n) is 1.62. The van der Waals surface area contributed by atoms with E-state index in [1.807, 2.05) is 56.3 Å². The van der Waals surface area contributed by atoms with E-state index in [0.29, 0.717) is 5.56 Å². The van der Waals surface area contributed by atoms with Gasteiger partial charge in [0.1, 0.15) is 0 Å². The van der Waals surface area contributed by atoms with Crippen molar-refractivity contribution in [2.75, 3.05) is 5.32 Å². The molecule has 18 heavy (non-hydrogen) atoms. The summed E-state index contributed by atoms with van der Waals surface area (Å²) in [6, 6.07) is 13.5. The van der Waals surface area contributed by atoms with Crippen LogP contribution < -0.4 is 5.32 Å². The second kappa shape index (κ2) is 5.52. The van der Waals surface area contributed by atoms with E-state index in [-0.39, 0.29) is 5.91 Å². The predicted octanol–water partition coefficient (Wildman–Crippen LogP) is 4.16. The second-order valence-electron chi connectivity index (χ2n) is 4.30. The number of nitrogens with one attached hydrogen (secondary N) is 1. The van der Waals surface area contributed by atoms with Crippen LogP contribution >= 0.6 is 22.6 Å². The molecule has 1 N–H and O–H groups in total. The first-order valence-corrected chi connectivity index (χ1v) is 6.78. The zero-order chi connectivity index (χ0) is 13.1. The Balaban J connectivity index is 2.18. The van der Waals surface area contributed by atoms with Crippen LogP contribution in [0, 0.1) is 17.4 Å². The van der Waals surface area contributed by atoms with E-state index in [4.69, 9.17) is 0 Å². The smallest absolute Gasteiger partial charge is 0.255 e. The van der Waals surface area contributed by atoms with Crippen LogP contribution in [0.5, 0.6) is 0 Å². The standard InChI is InChI=1S/C15H14INO/c1-10-3-6-12(7-4-10)15(18)17-14-8-5-11(2)9-13(14)16/h3-9H,1-2H3,(H,17,18). The van der Waals surface area contributed by atoms with E-state index < -0.39 is 0 Å². The highest BCUT2D eigenvalue weighted by molar-refractivity contribution is 14.1. The quantitative estimate of drug-likeness (QED) is 0.809. The summed E-state index contributed by atoms with van der Waals surface area (Å²) in [7, 11) is 0. The van der Waals surface area contributed by atoms with Crippen molar-refractivity contribution < 1.29 is 4.79 Å². The molecule has 0 saturated carbocycles. The molecule has 3 heteroatoms. The molecule has 0 heterocycles. The van der Waals surface area contributed by atoms with Gasteiger partial charge in [0, 0.05) is 9.13 Å². The summed E-state index contributed by atoms with van der Waals surface area (Å²) < 4.78 is 1.05. The molecule has 0 spiro atoms. The van der Waals surface area contributed by atoms with Crippen molar-refractivity contribution in [3.05, 3.63) is 62.7 Å². The minimum Gasteiger partial charge on any atom is -0.321 e. The molecule has 0 atom stereocenters. The molecule has 0 aliphatic rings. The minimum absolute atomic E-state index is 0.0724. The Kier molecular flexibility index (Phi) is 4.01. The van der Waals surface area contributed by atoms with Gasteiger partial charge in [0.2, 0.25) is 0 Å². The summed E-state index contributed by atoms with van der Waals surface area (Å²) >= 11 is 2.23. The average Bonchev–Trinajstić information content (AvgIpc) is 2.33. The Bertz CT molecular complexity index is 576. The molecule has 2 rings (SSSR count). The highest BCUT2D eigenvalue weighted by Crippen LogP contribution is 2.20. The number of carbonyl (C=O) groups excluding carboxylic acids is 1. The minimum atomic E-state index is -0.0724. The maximum absolute atomic E-state index is 12.0. The van der Waals surface area contributed by atoms with E-state index >= 15 is 0 Å². The van der Waals surface area contributed by atoms with Crippen molar-refractivity contribution in [3.63, 3.8) is 0 Å². The first-order chi connectivity index (χ1) is 8.56. The molecule has 2 aromatic carbocycles. The van der Waals surface area contributed by atoms with Gasteiger partial charge in [-0.3, -0.25) is 4.79 Å². The fraction of sp³-hybridized carbons (Fsp3) is 0.133. The molecule has 0 bridgehead atoms. The molecule has 1 amide bonds. The summed E-state index contributed by atoms with van der Waals surface area (Å²) in [5.41, 5.74) is 3.87. The molecule has 0 unspecified atom stereocenters. The van der Waals surface area contributed by atoms with Gasteiger partial charge in [-0.25, -0.2) is 0 Å². The summed E-state index contributed by atoms with van der Waals surface area (Å²) in [6.07, 6.45) is 0. The molecule has 2 aromatic rings. The van der Waals surface area contributed by atoms with Gasteiger partial charge in [0.15, 0.2) is 0 Å². The number of halogens is 1. The molecular formula is C15H14INO. The molecule has 0 fully saturated rings. The summed E-state index contributed by atoms with van der Waals surface area (Å²) in [5.74, 6) is -0.0724. The monoisotopic (exact) mass is 351 g/mol. The van der Waals surface area contributed by atoms with Crippen molar-refractivity contribution in [3.8, 4) is 0 Å². The number of benzene rings is 2. The third-order valence-corrected chi connectivity index (χ3v) is 3.58. The van der Waals surface area contributed by atoms with E-state index in [9.17, 15) is 4.79 Å². The summed E-state index contributed by atoms with van der Waals surface area (Å²) in [4.78, 5) is 12.0. The Morgan fingerprint density at radius 1 is 1.00 bits per heavy atom. The van der Waals surface area contributed by atoms with E-state index in [1.54, 1.807) is 0 Å². The van der Waals surface area contributed by atoms with Crippen LogP contribution in [-0.2, 0) is 0 Å². The van der Waals surface area contributed by atoms with Crippen LogP contribution in [0.2, 0.25) is 0 Å². The van der Waals surface area contributed by atoms with E-state index in [1.165, 1.54) is 5.56 Å². The SMILES string of the molecule is Cc1ccc(C(=O)Nc2ccc(C)cc2I)cc1. The van der Waals surface area contributed by atoms with Crippen LogP contribution in [-0.4, -0.2) is 5.91 Å². The lowest BCUT2D eigenvalue weighted by molar-refractivity contribution is 0.102. The lowest BCUT2D eigenvalue weighted by atomic mass is 10.1. The molecule has 0 aliphatic carbocycles. The van der Waals surface area contributed by atoms with Crippen molar-refractivity contribution >= 4 is 34.2 Å². The molecule has 2 nitrogen and oxygen atoms in total. The van der Waals surface area contributed by atoms with Crippen molar-refractivity contribution in [2.45, 2.75) is 13.8 Å². The maximum Gasteiger partial charge on any atom is 0.255 e. The highest BCUT2D eigenvalue weighted by atomic mass is 127. The van der Waals surface area contributed by atoms with Crippen molar-refractivity contribution in [2.24, 2.45) is 0 Å². The zero-order valence-corrected chi connectivity index (χ0v) is 12.5. The molecular weight excluding hydrogens is 337 g/mol. The average molecular weight is 351 g/mol. The number of carbonyl (C=O) groups is 1. The second-order valence-corrected chi connectivity index (χ2v) is 5.47. The van der Waals surface area contributed by atoms with Crippen LogP contribution in [0.1, 0.15) is 21.5 Å². The van der Waals surface area contributed by atoms with Gasteiger partial charge in [-0.2, -0.15) is 0 Å². The number of amides is 1. The number of aryl methyl sites for hydroxylation is 2. The first kappa shape index (κ1) is 13.1. The van der Waals surface area contributed by atoms with Crippen LogP contribution in [0.3, 0.4) is 0 Å². The third-order valence-electron chi connectivity index (χ3n) is 2.69. The van der Waals surface area contributed by atoms with Gasteiger partial charge in [0.25, 0.3) is 5.91 Å². The lowest BCUT2D eigenvalue weighted by Gasteiger charge is -2.08. The Labute approximate surface area is 121 Å². The summed E-state index contributed by atoms with van der Waals surface area (Å²) in [6.45, 7) is 4.04. The van der Waals surface area contributed by atoms with Crippen molar-refractivity contribution in [1.82, 2.24) is 0 Å². The number of hydrogen-bond acceptors (Lipinski definition) is 1. The topological polar surface area (TPSA) is 29.1 Å². The number of rotatable bonds is 2. The lowest BCUT2D eigenvalue weighted by Crippen LogP contribution is -2.12. The van der Waals surface area contributed by atoms with Gasteiger partial charge in [0.05, 0.1) is 5.69 Å². The fourth-order valence-corrected chi connectivity index (χ4v) is 2.43. The first-order valence-electron chi connectivity index (χ1n) is 5.70. The van der Waals surface area contributed by atoms with E-state index in [2.05, 4.69) is 27.9 Å². The van der Waals surface area contributed by atoms with Crippen LogP contribution in [0.15, 0.2) is 42.5 Å². The molecule has 0 radical (unpaired) electrons. The number of anilines is 1. The molecule has 92 valence electrons. The van der Waals surface area contributed by atoms with Gasteiger partial charge in [-0.15, -0.1) is 0 Å². The third kappa shape index (κ3) is 3.10. The van der Waals surface area contributed by atoms with Gasteiger partial charge in [-0.05, 0) is 66.3 Å². The van der Waals surface area contributed by atoms with Gasteiger partial charge in [-0.1, -0.05) is 23.8 Å². The normalized spacial score (nSPS) is 10.2. The molecule has 0 aromatic heterocycles. The Hall–Kier alpha value is -1.36. The van der Waals surface area contributed by atoms with Gasteiger partial charge >= 0.3 is 0 Å². The number of hydrogen-bond donors (Lipinski definition) is 1. The summed E-state index contributed by atoms with van der Waals surface area (Å²) in [5, 5.41) is 2.93. The molecule has 0 saturated heterocycles.